The van der Waals surface area contributed by atoms with Gasteiger partial charge >= 0.3 is 0 Å². The average molecular weight is 536 g/mol. The van der Waals surface area contributed by atoms with Crippen LogP contribution in [0.15, 0.2) is 72.8 Å². The molecule has 0 radical (unpaired) electrons. The maximum absolute atomic E-state index is 13.6. The van der Waals surface area contributed by atoms with E-state index in [-0.39, 0.29) is 28.7 Å². The minimum atomic E-state index is -0.285. The zero-order valence-electron chi connectivity index (χ0n) is 22.7. The standard InChI is InChI=1S/C34H34ClN3O/c1-21(24-6-4-7-27(35)16-24)32(37)33(39)26-15-14-25(18-34(2,3)19-26)28-8-5-9-30-29(28)17-31(38-30)23-12-10-22(20-36)11-13-23/h4-13,16-17,21,25-26,37-38H,14-15,18-19H2,1-3H3. The number of rotatable bonds is 6. The van der Waals surface area contributed by atoms with Crippen LogP contribution in [0.2, 0.25) is 5.02 Å². The number of carbonyl (C=O) groups is 1. The molecule has 4 nitrogen and oxygen atoms in total. The third-order valence-electron chi connectivity index (χ3n) is 8.34. The second-order valence-corrected chi connectivity index (χ2v) is 12.2. The number of benzene rings is 3. The number of nitriles is 1. The first-order chi connectivity index (χ1) is 18.6. The normalized spacial score (nSPS) is 19.7. The van der Waals surface area contributed by atoms with Crippen molar-refractivity contribution in [3.8, 4) is 17.3 Å². The van der Waals surface area contributed by atoms with Crippen molar-refractivity contribution in [2.75, 3.05) is 0 Å². The molecule has 1 fully saturated rings. The molecule has 0 saturated heterocycles. The van der Waals surface area contributed by atoms with E-state index in [1.54, 1.807) is 0 Å². The minimum Gasteiger partial charge on any atom is -0.355 e. The molecule has 1 aliphatic carbocycles. The average Bonchev–Trinajstić information content (AvgIpc) is 3.30. The molecule has 3 aromatic carbocycles. The third kappa shape index (κ3) is 5.70. The Kier molecular flexibility index (Phi) is 7.47. The van der Waals surface area contributed by atoms with Crippen LogP contribution in [0.3, 0.4) is 0 Å². The zero-order valence-corrected chi connectivity index (χ0v) is 23.5. The van der Waals surface area contributed by atoms with Crippen molar-refractivity contribution in [2.45, 2.75) is 58.3 Å². The Bertz CT molecular complexity index is 1570. The number of halogens is 1. The summed E-state index contributed by atoms with van der Waals surface area (Å²) in [5.74, 6) is -0.142. The number of nitrogens with zero attached hydrogens (tertiary/aromatic N) is 1. The fraction of sp³-hybridized carbons (Fsp3) is 0.324. The van der Waals surface area contributed by atoms with E-state index in [1.807, 2.05) is 55.5 Å². The first-order valence-corrected chi connectivity index (χ1v) is 14.0. The van der Waals surface area contributed by atoms with Gasteiger partial charge in [-0.15, -0.1) is 0 Å². The summed E-state index contributed by atoms with van der Waals surface area (Å²) in [5, 5.41) is 19.7. The van der Waals surface area contributed by atoms with E-state index in [2.05, 4.69) is 49.2 Å². The number of hydrogen-bond acceptors (Lipinski definition) is 3. The topological polar surface area (TPSA) is 80.5 Å². The number of H-pyrrole nitrogens is 1. The van der Waals surface area contributed by atoms with Crippen molar-refractivity contribution in [1.29, 1.82) is 10.7 Å². The summed E-state index contributed by atoms with van der Waals surface area (Å²) >= 11 is 6.18. The van der Waals surface area contributed by atoms with Gasteiger partial charge in [-0.25, -0.2) is 0 Å². The fourth-order valence-electron chi connectivity index (χ4n) is 6.30. The molecule has 3 atom stereocenters. The summed E-state index contributed by atoms with van der Waals surface area (Å²) in [7, 11) is 0. The van der Waals surface area contributed by atoms with E-state index in [0.29, 0.717) is 16.5 Å². The predicted molar refractivity (Wildman–Crippen MR) is 160 cm³/mol. The third-order valence-corrected chi connectivity index (χ3v) is 8.58. The fourth-order valence-corrected chi connectivity index (χ4v) is 6.50. The van der Waals surface area contributed by atoms with Crippen LogP contribution in [-0.4, -0.2) is 16.5 Å². The highest BCUT2D eigenvalue weighted by Gasteiger charge is 2.37. The van der Waals surface area contributed by atoms with Crippen LogP contribution in [0.1, 0.15) is 75.0 Å². The summed E-state index contributed by atoms with van der Waals surface area (Å²) in [6.45, 7) is 6.44. The second kappa shape index (κ2) is 10.8. The highest BCUT2D eigenvalue weighted by molar-refractivity contribution is 6.41. The molecule has 39 heavy (non-hydrogen) atoms. The molecule has 1 saturated carbocycles. The summed E-state index contributed by atoms with van der Waals surface area (Å²) < 4.78 is 0. The van der Waals surface area contributed by atoms with Crippen LogP contribution >= 0.6 is 11.6 Å². The van der Waals surface area contributed by atoms with E-state index in [4.69, 9.17) is 22.3 Å². The molecule has 0 bridgehead atoms. The van der Waals surface area contributed by atoms with Gasteiger partial charge in [-0.1, -0.05) is 68.8 Å². The van der Waals surface area contributed by atoms with Crippen LogP contribution in [0, 0.1) is 28.1 Å². The number of ketones is 1. The lowest BCUT2D eigenvalue weighted by atomic mass is 9.75. The van der Waals surface area contributed by atoms with Crippen molar-refractivity contribution in [1.82, 2.24) is 4.98 Å². The molecule has 5 heteroatoms. The van der Waals surface area contributed by atoms with Crippen LogP contribution in [0.5, 0.6) is 0 Å². The number of nitrogens with one attached hydrogen (secondary N) is 2. The molecule has 0 aliphatic heterocycles. The molecular formula is C34H34ClN3O. The molecule has 1 aromatic heterocycles. The van der Waals surface area contributed by atoms with Crippen molar-refractivity contribution < 1.29 is 4.79 Å². The monoisotopic (exact) mass is 535 g/mol. The zero-order chi connectivity index (χ0) is 27.7. The highest BCUT2D eigenvalue weighted by atomic mass is 35.5. The van der Waals surface area contributed by atoms with Crippen LogP contribution in [0.4, 0.5) is 0 Å². The minimum absolute atomic E-state index is 0.0286. The van der Waals surface area contributed by atoms with E-state index in [0.717, 1.165) is 48.0 Å². The Morgan fingerprint density at radius 2 is 1.79 bits per heavy atom. The van der Waals surface area contributed by atoms with Crippen molar-refractivity contribution in [2.24, 2.45) is 11.3 Å². The van der Waals surface area contributed by atoms with Gasteiger partial charge in [-0.3, -0.25) is 4.79 Å². The summed E-state index contributed by atoms with van der Waals surface area (Å²) in [5.41, 5.74) is 6.19. The number of fused-ring (bicyclic) bond motifs is 1. The second-order valence-electron chi connectivity index (χ2n) is 11.8. The molecular weight excluding hydrogens is 502 g/mol. The number of hydrogen-bond donors (Lipinski definition) is 2. The van der Waals surface area contributed by atoms with Crippen LogP contribution in [-0.2, 0) is 4.79 Å². The molecule has 3 unspecified atom stereocenters. The lowest BCUT2D eigenvalue weighted by molar-refractivity contribution is -0.117. The molecule has 0 spiro atoms. The highest BCUT2D eigenvalue weighted by Crippen LogP contribution is 2.46. The Labute approximate surface area is 235 Å². The SMILES string of the molecule is CC(C(=N)C(=O)C1CCC(c2cccc3[nH]c(-c4ccc(C#N)cc4)cc23)CC(C)(C)C1)c1cccc(Cl)c1. The molecule has 1 aliphatic rings. The van der Waals surface area contributed by atoms with Crippen LogP contribution in [0.25, 0.3) is 22.2 Å². The van der Waals surface area contributed by atoms with E-state index < -0.39 is 0 Å². The molecule has 1 heterocycles. The smallest absolute Gasteiger partial charge is 0.180 e. The first-order valence-electron chi connectivity index (χ1n) is 13.7. The Morgan fingerprint density at radius 1 is 1.05 bits per heavy atom. The summed E-state index contributed by atoms with van der Waals surface area (Å²) in [6.07, 6.45) is 3.47. The van der Waals surface area contributed by atoms with Gasteiger partial charge in [0.15, 0.2) is 5.78 Å². The number of Topliss-reactive ketones (excluding diaryl/α,β-unsaturated/α-hetero) is 1. The maximum Gasteiger partial charge on any atom is 0.180 e. The molecule has 0 amide bonds. The lowest BCUT2D eigenvalue weighted by Crippen LogP contribution is -2.29. The van der Waals surface area contributed by atoms with Gasteiger partial charge in [0.2, 0.25) is 0 Å². The van der Waals surface area contributed by atoms with Crippen molar-refractivity contribution in [3.05, 3.63) is 94.5 Å². The Balaban J connectivity index is 1.39. The molecule has 4 aromatic rings. The number of aromatic nitrogens is 1. The maximum atomic E-state index is 13.6. The van der Waals surface area contributed by atoms with Gasteiger partial charge in [0.25, 0.3) is 0 Å². The number of carbonyl (C=O) groups excluding carboxylic acids is 1. The van der Waals surface area contributed by atoms with E-state index in [1.165, 1.54) is 10.9 Å². The largest absolute Gasteiger partial charge is 0.355 e. The van der Waals surface area contributed by atoms with Crippen LogP contribution < -0.4 is 0 Å². The molecule has 5 rings (SSSR count). The lowest BCUT2D eigenvalue weighted by Gasteiger charge is -2.29. The Hall–Kier alpha value is -3.68. The predicted octanol–water partition coefficient (Wildman–Crippen LogP) is 9.05. The quantitative estimate of drug-likeness (QED) is 0.191. The van der Waals surface area contributed by atoms with Gasteiger partial charge in [0.05, 0.1) is 17.3 Å². The Morgan fingerprint density at radius 3 is 2.51 bits per heavy atom. The first kappa shape index (κ1) is 26.9. The van der Waals surface area contributed by atoms with E-state index >= 15 is 0 Å². The van der Waals surface area contributed by atoms with E-state index in [9.17, 15) is 4.79 Å². The van der Waals surface area contributed by atoms with Gasteiger partial charge in [-0.05, 0) is 90.1 Å². The summed E-state index contributed by atoms with van der Waals surface area (Å²) in [6, 6.07) is 26.0. The van der Waals surface area contributed by atoms with Crippen molar-refractivity contribution in [3.63, 3.8) is 0 Å². The van der Waals surface area contributed by atoms with Gasteiger partial charge in [0.1, 0.15) is 0 Å². The molecule has 2 N–H and O–H groups in total. The number of aromatic amines is 1. The van der Waals surface area contributed by atoms with Crippen molar-refractivity contribution >= 4 is 34.0 Å². The summed E-state index contributed by atoms with van der Waals surface area (Å²) in [4.78, 5) is 17.2. The van der Waals surface area contributed by atoms with Gasteiger partial charge in [-0.2, -0.15) is 5.26 Å². The van der Waals surface area contributed by atoms with Gasteiger partial charge in [0, 0.05) is 33.5 Å². The molecule has 198 valence electrons. The van der Waals surface area contributed by atoms with Gasteiger partial charge < -0.3 is 10.4 Å².